The summed E-state index contributed by atoms with van der Waals surface area (Å²) in [7, 11) is 0. The van der Waals surface area contributed by atoms with Crippen molar-refractivity contribution in [2.24, 2.45) is 0 Å². The Hall–Kier alpha value is -2.99. The van der Waals surface area contributed by atoms with Gasteiger partial charge in [0.1, 0.15) is 0 Å². The first-order valence-electron chi connectivity index (χ1n) is 6.28. The van der Waals surface area contributed by atoms with Gasteiger partial charge in [0.2, 0.25) is 0 Å². The highest BCUT2D eigenvalue weighted by Crippen LogP contribution is 2.29. The molecule has 0 aliphatic heterocycles. The van der Waals surface area contributed by atoms with Crippen molar-refractivity contribution in [2.45, 2.75) is 0 Å². The molecule has 0 aliphatic carbocycles. The topological polar surface area (TPSA) is 90.9 Å². The second-order valence-electron chi connectivity index (χ2n) is 4.42. The first kappa shape index (κ1) is 13.0. The standard InChI is InChI=1S/C15H12N4O2/c20-15(19-21)12-3-1-2-11(8-12)14-13(9-17-18-14)10-4-6-16-7-5-10/h1-9,21H,(H,17,18)(H,19,20). The van der Waals surface area contributed by atoms with Gasteiger partial charge in [-0.1, -0.05) is 12.1 Å². The van der Waals surface area contributed by atoms with Crippen LogP contribution in [0.4, 0.5) is 0 Å². The summed E-state index contributed by atoms with van der Waals surface area (Å²) < 4.78 is 0. The molecule has 0 unspecified atom stereocenters. The second kappa shape index (κ2) is 5.56. The van der Waals surface area contributed by atoms with Crippen LogP contribution in [0.5, 0.6) is 0 Å². The molecule has 2 heterocycles. The molecule has 0 spiro atoms. The Morgan fingerprint density at radius 3 is 2.71 bits per heavy atom. The molecular formula is C15H12N4O2. The number of carbonyl (C=O) groups is 1. The largest absolute Gasteiger partial charge is 0.288 e. The van der Waals surface area contributed by atoms with E-state index in [1.54, 1.807) is 42.3 Å². The molecule has 3 N–H and O–H groups in total. The van der Waals surface area contributed by atoms with Gasteiger partial charge in [0.15, 0.2) is 0 Å². The third kappa shape index (κ3) is 2.52. The highest BCUT2D eigenvalue weighted by molar-refractivity contribution is 5.95. The smallest absolute Gasteiger partial charge is 0.274 e. The summed E-state index contributed by atoms with van der Waals surface area (Å²) in [6, 6.07) is 10.7. The Morgan fingerprint density at radius 1 is 1.14 bits per heavy atom. The Labute approximate surface area is 120 Å². The van der Waals surface area contributed by atoms with E-state index in [1.165, 1.54) is 0 Å². The van der Waals surface area contributed by atoms with Gasteiger partial charge in [-0.15, -0.1) is 0 Å². The molecule has 0 fully saturated rings. The Bertz CT molecular complexity index is 768. The Kier molecular flexibility index (Phi) is 3.44. The highest BCUT2D eigenvalue weighted by atomic mass is 16.5. The van der Waals surface area contributed by atoms with Crippen LogP contribution in [-0.4, -0.2) is 26.3 Å². The van der Waals surface area contributed by atoms with Crippen molar-refractivity contribution in [3.8, 4) is 22.4 Å². The summed E-state index contributed by atoms with van der Waals surface area (Å²) in [5, 5.41) is 15.7. The predicted octanol–water partition coefficient (Wildman–Crippen LogP) is 2.26. The minimum Gasteiger partial charge on any atom is -0.288 e. The molecule has 6 nitrogen and oxygen atoms in total. The number of nitrogens with zero attached hydrogens (tertiary/aromatic N) is 2. The maximum atomic E-state index is 11.5. The van der Waals surface area contributed by atoms with Crippen LogP contribution >= 0.6 is 0 Å². The van der Waals surface area contributed by atoms with Crippen molar-refractivity contribution in [1.82, 2.24) is 20.7 Å². The van der Waals surface area contributed by atoms with Crippen LogP contribution < -0.4 is 5.48 Å². The lowest BCUT2D eigenvalue weighted by molar-refractivity contribution is 0.0706. The third-order valence-corrected chi connectivity index (χ3v) is 3.15. The number of rotatable bonds is 3. The molecule has 0 atom stereocenters. The summed E-state index contributed by atoms with van der Waals surface area (Å²) in [5.41, 5.74) is 5.49. The van der Waals surface area contributed by atoms with Gasteiger partial charge in [0, 0.05) is 29.1 Å². The Morgan fingerprint density at radius 2 is 1.95 bits per heavy atom. The van der Waals surface area contributed by atoms with Crippen molar-refractivity contribution < 1.29 is 10.0 Å². The first-order valence-corrected chi connectivity index (χ1v) is 6.28. The lowest BCUT2D eigenvalue weighted by Gasteiger charge is -2.05. The number of H-pyrrole nitrogens is 1. The number of hydrogen-bond acceptors (Lipinski definition) is 4. The summed E-state index contributed by atoms with van der Waals surface area (Å²) >= 11 is 0. The van der Waals surface area contributed by atoms with E-state index in [2.05, 4.69) is 15.2 Å². The van der Waals surface area contributed by atoms with E-state index in [-0.39, 0.29) is 0 Å². The van der Waals surface area contributed by atoms with E-state index in [9.17, 15) is 4.79 Å². The SMILES string of the molecule is O=C(NO)c1cccc(-c2[nH]ncc2-c2ccncc2)c1. The zero-order chi connectivity index (χ0) is 14.7. The summed E-state index contributed by atoms with van der Waals surface area (Å²) in [5.74, 6) is -0.554. The van der Waals surface area contributed by atoms with Crippen molar-refractivity contribution in [3.63, 3.8) is 0 Å². The predicted molar refractivity (Wildman–Crippen MR) is 76.5 cm³/mol. The first-order chi connectivity index (χ1) is 10.3. The molecule has 0 bridgehead atoms. The zero-order valence-corrected chi connectivity index (χ0v) is 10.9. The molecule has 0 saturated heterocycles. The number of hydroxylamine groups is 1. The van der Waals surface area contributed by atoms with E-state index < -0.39 is 5.91 Å². The molecule has 3 aromatic rings. The fraction of sp³-hybridized carbons (Fsp3) is 0. The summed E-state index contributed by atoms with van der Waals surface area (Å²) in [6.07, 6.45) is 5.15. The van der Waals surface area contributed by atoms with Crippen LogP contribution in [-0.2, 0) is 0 Å². The number of aromatic amines is 1. The molecule has 104 valence electrons. The van der Waals surface area contributed by atoms with E-state index in [0.717, 1.165) is 22.4 Å². The molecule has 6 heteroatoms. The van der Waals surface area contributed by atoms with Crippen molar-refractivity contribution in [3.05, 3.63) is 60.6 Å². The van der Waals surface area contributed by atoms with Crippen LogP contribution in [0.25, 0.3) is 22.4 Å². The molecular weight excluding hydrogens is 268 g/mol. The minimum atomic E-state index is -0.554. The van der Waals surface area contributed by atoms with Gasteiger partial charge in [0.05, 0.1) is 11.9 Å². The molecule has 0 aliphatic rings. The van der Waals surface area contributed by atoms with Crippen molar-refractivity contribution >= 4 is 5.91 Å². The van der Waals surface area contributed by atoms with Gasteiger partial charge in [0.25, 0.3) is 5.91 Å². The molecule has 0 saturated carbocycles. The van der Waals surface area contributed by atoms with Gasteiger partial charge in [-0.2, -0.15) is 5.10 Å². The van der Waals surface area contributed by atoms with E-state index >= 15 is 0 Å². The molecule has 1 aromatic carbocycles. The monoisotopic (exact) mass is 280 g/mol. The average Bonchev–Trinajstić information content (AvgIpc) is 3.04. The number of pyridine rings is 1. The Balaban J connectivity index is 2.07. The fourth-order valence-corrected chi connectivity index (χ4v) is 2.14. The number of benzene rings is 1. The van der Waals surface area contributed by atoms with E-state index in [0.29, 0.717) is 5.56 Å². The van der Waals surface area contributed by atoms with Crippen LogP contribution in [0, 0.1) is 0 Å². The average molecular weight is 280 g/mol. The van der Waals surface area contributed by atoms with Crippen molar-refractivity contribution in [2.75, 3.05) is 0 Å². The van der Waals surface area contributed by atoms with Crippen LogP contribution in [0.15, 0.2) is 55.0 Å². The fourth-order valence-electron chi connectivity index (χ4n) is 2.14. The number of carbonyl (C=O) groups excluding carboxylic acids is 1. The molecule has 1 amide bonds. The lowest BCUT2D eigenvalue weighted by atomic mass is 10.0. The van der Waals surface area contributed by atoms with Gasteiger partial charge in [-0.25, -0.2) is 5.48 Å². The quantitative estimate of drug-likeness (QED) is 0.507. The van der Waals surface area contributed by atoms with E-state index in [1.807, 2.05) is 18.2 Å². The number of aromatic nitrogens is 3. The minimum absolute atomic E-state index is 0.366. The number of nitrogens with one attached hydrogen (secondary N) is 2. The lowest BCUT2D eigenvalue weighted by Crippen LogP contribution is -2.18. The highest BCUT2D eigenvalue weighted by Gasteiger charge is 2.12. The van der Waals surface area contributed by atoms with Gasteiger partial charge in [-0.3, -0.25) is 20.1 Å². The maximum absolute atomic E-state index is 11.5. The van der Waals surface area contributed by atoms with Gasteiger partial charge >= 0.3 is 0 Å². The maximum Gasteiger partial charge on any atom is 0.274 e. The third-order valence-electron chi connectivity index (χ3n) is 3.15. The van der Waals surface area contributed by atoms with Crippen molar-refractivity contribution in [1.29, 1.82) is 0 Å². The van der Waals surface area contributed by atoms with Crippen LogP contribution in [0.2, 0.25) is 0 Å². The number of amides is 1. The van der Waals surface area contributed by atoms with Gasteiger partial charge in [-0.05, 0) is 29.8 Å². The number of hydrogen-bond donors (Lipinski definition) is 3. The molecule has 2 aromatic heterocycles. The summed E-state index contributed by atoms with van der Waals surface area (Å²) in [4.78, 5) is 15.5. The molecule has 0 radical (unpaired) electrons. The summed E-state index contributed by atoms with van der Waals surface area (Å²) in [6.45, 7) is 0. The van der Waals surface area contributed by atoms with Crippen LogP contribution in [0.3, 0.4) is 0 Å². The zero-order valence-electron chi connectivity index (χ0n) is 10.9. The second-order valence-corrected chi connectivity index (χ2v) is 4.42. The van der Waals surface area contributed by atoms with Crippen LogP contribution in [0.1, 0.15) is 10.4 Å². The van der Waals surface area contributed by atoms with Gasteiger partial charge < -0.3 is 0 Å². The molecule has 21 heavy (non-hydrogen) atoms. The molecule has 3 rings (SSSR count). The van der Waals surface area contributed by atoms with E-state index in [4.69, 9.17) is 5.21 Å². The normalized spacial score (nSPS) is 10.3.